The third kappa shape index (κ3) is 18.8. The topological polar surface area (TPSA) is 531 Å². The lowest BCUT2D eigenvalue weighted by atomic mass is 9.88. The molecule has 31 nitrogen and oxygen atoms in total. The summed E-state index contributed by atoms with van der Waals surface area (Å²) in [6, 6.07) is -4.52. The number of carbonyl (C=O) groups is 1. The molecular weight excluding hydrogens is 1130 g/mol. The van der Waals surface area contributed by atoms with Gasteiger partial charge in [-0.25, -0.2) is 4.79 Å². The normalized spacial score (nSPS) is 41.1. The SMILES string of the molecule is CCCCCCCCCCCCCCC/C=C/C(O)[C@@H](N)CO[C@@H]1O[C@H](CO)[C@@H](O[C@@H]2O[C@H](CO)[C@H](O[C@@H]3O[C@H](CO)[C@H](O)[C@H](O[C@@H]4O[C@H](CO)[C@H](O)[C@H](O)[C@H]4O)[C@H]3N)[C@H](O[C@@]3(C(=O)O)C[C@H](O)[C@@H](N)[C@H](C(O)C(O)CO)O3)[C@H]2O)[C@H](O)[C@H]1O. The standard InChI is InChI=1S/C53H97N3O28/c1-2-3-4-5-6-7-8-9-10-11-12-13-14-15-16-17-26(62)25(54)24-75-49-41(71)39(69)43(31(22-60)78-49)80-51-42(72)47(84-53(52(73)74)18-27(63)33(55)46(83-53)35(65)28(64)19-57)44(32(23-61)79-51)81-48-34(56)45(37(67)30(21-59)76-48)82-50-40(70)38(68)36(66)29(20-58)77-50/h16-17,25-51,57-72H,2-15,18-24,54-56H2,1H3,(H,73,74)/b17-16+/t25-,26?,27-,28?,29+,30+,31+,32+,33+,34+,35?,36-,37-,38-,39+,40+,41+,42+,43+,44-,45+,46+,47+,48-,49+,50-,51-,53+/m0/s1. The molecule has 0 saturated carbocycles. The summed E-state index contributed by atoms with van der Waals surface area (Å²) in [4.78, 5) is 13.4. The molecule has 28 atom stereocenters. The van der Waals surface area contributed by atoms with Crippen molar-refractivity contribution in [2.75, 3.05) is 39.6 Å². The van der Waals surface area contributed by atoms with Gasteiger partial charge in [-0.2, -0.15) is 0 Å². The van der Waals surface area contributed by atoms with Crippen molar-refractivity contribution in [3.05, 3.63) is 12.2 Å². The van der Waals surface area contributed by atoms with Crippen molar-refractivity contribution in [1.29, 1.82) is 0 Å². The van der Waals surface area contributed by atoms with Crippen LogP contribution in [0, 0.1) is 0 Å². The Morgan fingerprint density at radius 3 is 1.63 bits per heavy atom. The van der Waals surface area contributed by atoms with Crippen LogP contribution in [0.1, 0.15) is 103 Å². The second-order valence-corrected chi connectivity index (χ2v) is 22.5. The molecule has 31 heteroatoms. The molecule has 3 unspecified atom stereocenters. The zero-order valence-corrected chi connectivity index (χ0v) is 47.4. The van der Waals surface area contributed by atoms with Crippen molar-refractivity contribution >= 4 is 5.97 Å². The Hall–Kier alpha value is -1.95. The number of aliphatic hydroxyl groups is 16. The first-order valence-electron chi connectivity index (χ1n) is 29.3. The van der Waals surface area contributed by atoms with Gasteiger partial charge in [-0.05, 0) is 12.8 Å². The van der Waals surface area contributed by atoms with Crippen LogP contribution in [0.3, 0.4) is 0 Å². The summed E-state index contributed by atoms with van der Waals surface area (Å²) < 4.78 is 58.2. The highest BCUT2D eigenvalue weighted by Crippen LogP contribution is 2.40. The van der Waals surface area contributed by atoms with Crippen molar-refractivity contribution in [1.82, 2.24) is 0 Å². The number of carboxylic acids is 1. The van der Waals surface area contributed by atoms with Crippen LogP contribution in [0.5, 0.6) is 0 Å². The van der Waals surface area contributed by atoms with Crippen LogP contribution in [0.15, 0.2) is 12.2 Å². The van der Waals surface area contributed by atoms with Crippen LogP contribution in [0.2, 0.25) is 0 Å². The van der Waals surface area contributed by atoms with Crippen molar-refractivity contribution in [2.24, 2.45) is 17.2 Å². The fourth-order valence-electron chi connectivity index (χ4n) is 10.9. The maximum atomic E-state index is 13.4. The summed E-state index contributed by atoms with van der Waals surface area (Å²) in [5.74, 6) is -5.29. The Labute approximate surface area is 487 Å². The van der Waals surface area contributed by atoms with Gasteiger partial charge in [0.25, 0.3) is 5.79 Å². The third-order valence-corrected chi connectivity index (χ3v) is 16.1. The molecule has 0 amide bonds. The van der Waals surface area contributed by atoms with Gasteiger partial charge < -0.3 is 151 Å². The Morgan fingerprint density at radius 2 is 1.06 bits per heavy atom. The largest absolute Gasteiger partial charge is 0.477 e. The number of aliphatic carboxylic acids is 1. The number of ether oxygens (including phenoxy) is 10. The zero-order valence-electron chi connectivity index (χ0n) is 47.4. The van der Waals surface area contributed by atoms with E-state index in [1.54, 1.807) is 0 Å². The van der Waals surface area contributed by atoms with Crippen molar-refractivity contribution in [3.63, 3.8) is 0 Å². The fourth-order valence-corrected chi connectivity index (χ4v) is 10.9. The Balaban J connectivity index is 1.31. The van der Waals surface area contributed by atoms with Crippen LogP contribution < -0.4 is 17.2 Å². The van der Waals surface area contributed by atoms with E-state index in [4.69, 9.17) is 64.6 Å². The lowest BCUT2D eigenvalue weighted by Crippen LogP contribution is -2.71. The summed E-state index contributed by atoms with van der Waals surface area (Å²) in [6.45, 7) is -3.35. The van der Waals surface area contributed by atoms with Crippen LogP contribution in [0.25, 0.3) is 0 Å². The molecule has 0 spiro atoms. The lowest BCUT2D eigenvalue weighted by molar-refractivity contribution is -0.402. The van der Waals surface area contributed by atoms with Gasteiger partial charge in [-0.3, -0.25) is 0 Å². The van der Waals surface area contributed by atoms with E-state index < -0.39 is 223 Å². The average molecular weight is 1220 g/mol. The monoisotopic (exact) mass is 1220 g/mol. The molecule has 5 aliphatic rings. The van der Waals surface area contributed by atoms with Gasteiger partial charge in [0.1, 0.15) is 110 Å². The first kappa shape index (κ1) is 72.8. The first-order chi connectivity index (χ1) is 40.0. The molecular formula is C53H97N3O28. The maximum absolute atomic E-state index is 13.4. The van der Waals surface area contributed by atoms with E-state index in [0.717, 1.165) is 19.3 Å². The summed E-state index contributed by atoms with van der Waals surface area (Å²) in [7, 11) is 0. The van der Waals surface area contributed by atoms with Crippen LogP contribution >= 0.6 is 0 Å². The first-order valence-corrected chi connectivity index (χ1v) is 29.3. The molecule has 0 aromatic carbocycles. The zero-order chi connectivity index (χ0) is 62.0. The molecule has 23 N–H and O–H groups in total. The number of rotatable bonds is 35. The highest BCUT2D eigenvalue weighted by atomic mass is 16.8. The number of hydrogen-bond donors (Lipinski definition) is 20. The van der Waals surface area contributed by atoms with Crippen molar-refractivity contribution < 1.29 is 139 Å². The van der Waals surface area contributed by atoms with Crippen LogP contribution in [0.4, 0.5) is 0 Å². The number of allylic oxidation sites excluding steroid dienone is 1. The minimum absolute atomic E-state index is 0.428. The van der Waals surface area contributed by atoms with Crippen molar-refractivity contribution in [2.45, 2.75) is 274 Å². The predicted molar refractivity (Wildman–Crippen MR) is 285 cm³/mol. The Morgan fingerprint density at radius 1 is 0.571 bits per heavy atom. The number of carboxylic acid groups (broad SMARTS) is 1. The van der Waals surface area contributed by atoms with Crippen molar-refractivity contribution in [3.8, 4) is 0 Å². The smallest absolute Gasteiger partial charge is 0.364 e. The van der Waals surface area contributed by atoms with Gasteiger partial charge in [0.05, 0.1) is 70.0 Å². The highest BCUT2D eigenvalue weighted by Gasteiger charge is 2.61. The second-order valence-electron chi connectivity index (χ2n) is 22.5. The van der Waals surface area contributed by atoms with E-state index in [1.807, 2.05) is 6.08 Å². The van der Waals surface area contributed by atoms with Crippen LogP contribution in [-0.2, 0) is 52.2 Å². The van der Waals surface area contributed by atoms with Gasteiger partial charge in [0.15, 0.2) is 25.2 Å². The van der Waals surface area contributed by atoms with Gasteiger partial charge in [0.2, 0.25) is 0 Å². The van der Waals surface area contributed by atoms with E-state index in [0.29, 0.717) is 6.42 Å². The maximum Gasteiger partial charge on any atom is 0.364 e. The Bertz CT molecular complexity index is 1890. The molecule has 0 aliphatic carbocycles. The molecule has 84 heavy (non-hydrogen) atoms. The highest BCUT2D eigenvalue weighted by molar-refractivity contribution is 5.76. The molecule has 0 bridgehead atoms. The minimum Gasteiger partial charge on any atom is -0.477 e. The second kappa shape index (κ2) is 35.4. The predicted octanol–water partition coefficient (Wildman–Crippen LogP) is -7.04. The van der Waals surface area contributed by atoms with E-state index in [1.165, 1.54) is 70.3 Å². The molecule has 5 fully saturated rings. The summed E-state index contributed by atoms with van der Waals surface area (Å²) in [5.41, 5.74) is 18.8. The van der Waals surface area contributed by atoms with Gasteiger partial charge in [0, 0.05) is 6.42 Å². The van der Waals surface area contributed by atoms with Gasteiger partial charge >= 0.3 is 5.97 Å². The molecule has 492 valence electrons. The summed E-state index contributed by atoms with van der Waals surface area (Å²) in [5, 5.41) is 183. The minimum atomic E-state index is -3.22. The molecule has 0 radical (unpaired) electrons. The molecule has 5 heterocycles. The molecule has 0 aromatic rings. The molecule has 5 aliphatic heterocycles. The van der Waals surface area contributed by atoms with E-state index in [2.05, 4.69) is 6.92 Å². The molecule has 5 saturated heterocycles. The van der Waals surface area contributed by atoms with Gasteiger partial charge in [-0.15, -0.1) is 0 Å². The summed E-state index contributed by atoms with van der Waals surface area (Å²) in [6.07, 6.45) is -27.8. The van der Waals surface area contributed by atoms with E-state index in [-0.39, 0.29) is 0 Å². The third-order valence-electron chi connectivity index (χ3n) is 16.1. The average Bonchev–Trinajstić information content (AvgIpc) is 3.68. The number of nitrogens with two attached hydrogens (primary N) is 3. The lowest BCUT2D eigenvalue weighted by Gasteiger charge is -2.52. The number of unbranched alkanes of at least 4 members (excludes halogenated alkanes) is 13. The van der Waals surface area contributed by atoms with E-state index >= 15 is 0 Å². The quantitative estimate of drug-likeness (QED) is 0.0207. The van der Waals surface area contributed by atoms with Gasteiger partial charge in [-0.1, -0.05) is 96.1 Å². The van der Waals surface area contributed by atoms with E-state index in [9.17, 15) is 91.6 Å². The summed E-state index contributed by atoms with van der Waals surface area (Å²) >= 11 is 0. The Kier molecular flexibility index (Phi) is 30.7. The number of aliphatic hydroxyl groups excluding tert-OH is 16. The fraction of sp³-hybridized carbons (Fsp3) is 0.943. The molecule has 0 aromatic heterocycles. The molecule has 5 rings (SSSR count). The van der Waals surface area contributed by atoms with Crippen LogP contribution in [-0.4, -0.2) is 304 Å². The number of hydrogen-bond acceptors (Lipinski definition) is 30.